The van der Waals surface area contributed by atoms with Crippen LogP contribution in [0.15, 0.2) is 47.8 Å². The van der Waals surface area contributed by atoms with Crippen LogP contribution in [0, 0.1) is 10.1 Å². The van der Waals surface area contributed by atoms with Crippen molar-refractivity contribution in [1.29, 1.82) is 0 Å². The second kappa shape index (κ2) is 6.20. The number of nitro benzene ring substituents is 1. The minimum Gasteiger partial charge on any atom is -0.478 e. The summed E-state index contributed by atoms with van der Waals surface area (Å²) in [7, 11) is 0. The molecule has 1 aliphatic heterocycles. The first kappa shape index (κ1) is 16.7. The number of amides is 1. The van der Waals surface area contributed by atoms with Gasteiger partial charge in [-0.2, -0.15) is 0 Å². The van der Waals surface area contributed by atoms with E-state index in [1.54, 1.807) is 0 Å². The van der Waals surface area contributed by atoms with E-state index in [4.69, 9.17) is 5.11 Å². The van der Waals surface area contributed by atoms with Crippen LogP contribution >= 0.6 is 0 Å². The lowest BCUT2D eigenvalue weighted by molar-refractivity contribution is -0.384. The van der Waals surface area contributed by atoms with E-state index < -0.39 is 40.0 Å². The molecular weight excluding hydrogens is 324 g/mol. The molecule has 0 aromatic heterocycles. The fourth-order valence-corrected chi connectivity index (χ4v) is 2.30. The molecule has 1 heterocycles. The predicted molar refractivity (Wildman–Crippen MR) is 77.1 cm³/mol. The zero-order valence-corrected chi connectivity index (χ0v) is 11.8. The van der Waals surface area contributed by atoms with Crippen LogP contribution in [0.1, 0.15) is 11.5 Å². The van der Waals surface area contributed by atoms with Gasteiger partial charge in [0.05, 0.1) is 22.0 Å². The quantitative estimate of drug-likeness (QED) is 0.553. The third kappa shape index (κ3) is 3.06. The van der Waals surface area contributed by atoms with Crippen molar-refractivity contribution in [2.45, 2.75) is 5.92 Å². The highest BCUT2D eigenvalue weighted by atomic mass is 16.6. The van der Waals surface area contributed by atoms with Crippen LogP contribution in [0.5, 0.6) is 0 Å². The monoisotopic (exact) mass is 334 g/mol. The molecule has 0 bridgehead atoms. The number of hydrogen-bond donors (Lipinski definition) is 3. The van der Waals surface area contributed by atoms with Gasteiger partial charge in [0.2, 0.25) is 0 Å². The Bertz CT molecular complexity index is 779. The number of nitrogens with zero attached hydrogens (tertiary/aromatic N) is 2. The van der Waals surface area contributed by atoms with E-state index in [9.17, 15) is 34.7 Å². The van der Waals surface area contributed by atoms with Crippen molar-refractivity contribution in [3.8, 4) is 0 Å². The van der Waals surface area contributed by atoms with Crippen molar-refractivity contribution in [2.24, 2.45) is 0 Å². The van der Waals surface area contributed by atoms with Crippen LogP contribution in [0.25, 0.3) is 0 Å². The molecule has 0 fully saturated rings. The van der Waals surface area contributed by atoms with Crippen molar-refractivity contribution in [2.75, 3.05) is 0 Å². The van der Waals surface area contributed by atoms with Gasteiger partial charge in [-0.15, -0.1) is 0 Å². The van der Waals surface area contributed by atoms with Gasteiger partial charge in [0.25, 0.3) is 5.69 Å². The minimum atomic E-state index is -1.56. The SMILES string of the molecule is O=C(O)C1=CN(C(=O)O)C=C(C(=O)O)C1c1cccc([N+](=O)[O-])c1. The lowest BCUT2D eigenvalue weighted by Gasteiger charge is -2.26. The second-order valence-corrected chi connectivity index (χ2v) is 4.75. The lowest BCUT2D eigenvalue weighted by Crippen LogP contribution is -2.30. The largest absolute Gasteiger partial charge is 0.478 e. The molecule has 0 spiro atoms. The highest BCUT2D eigenvalue weighted by Crippen LogP contribution is 2.37. The maximum absolute atomic E-state index is 11.5. The third-order valence-corrected chi connectivity index (χ3v) is 3.31. The zero-order chi connectivity index (χ0) is 18.0. The molecule has 124 valence electrons. The molecule has 0 saturated carbocycles. The van der Waals surface area contributed by atoms with Gasteiger partial charge in [0.15, 0.2) is 0 Å². The van der Waals surface area contributed by atoms with Crippen LogP contribution in [-0.4, -0.2) is 43.2 Å². The normalized spacial score (nSPS) is 14.6. The summed E-state index contributed by atoms with van der Waals surface area (Å²) in [4.78, 5) is 44.5. The third-order valence-electron chi connectivity index (χ3n) is 3.31. The number of aliphatic carboxylic acids is 2. The number of carbonyl (C=O) groups is 3. The Balaban J connectivity index is 2.65. The van der Waals surface area contributed by atoms with Gasteiger partial charge in [-0.05, 0) is 5.56 Å². The van der Waals surface area contributed by atoms with E-state index in [-0.39, 0.29) is 11.3 Å². The molecule has 1 aliphatic rings. The summed E-state index contributed by atoms with van der Waals surface area (Å²) in [5.74, 6) is -4.43. The van der Waals surface area contributed by atoms with Gasteiger partial charge in [-0.3, -0.25) is 15.0 Å². The Morgan fingerprint density at radius 1 is 1.04 bits per heavy atom. The first-order chi connectivity index (χ1) is 11.2. The highest BCUT2D eigenvalue weighted by molar-refractivity contribution is 5.98. The van der Waals surface area contributed by atoms with Crippen molar-refractivity contribution in [3.05, 3.63) is 63.5 Å². The summed E-state index contributed by atoms with van der Waals surface area (Å²) in [6.45, 7) is 0. The summed E-state index contributed by atoms with van der Waals surface area (Å²) in [5.41, 5.74) is -1.35. The first-order valence-corrected chi connectivity index (χ1v) is 6.38. The Morgan fingerprint density at radius 3 is 2.00 bits per heavy atom. The Morgan fingerprint density at radius 2 is 1.58 bits per heavy atom. The minimum absolute atomic E-state index is 0.0524. The molecule has 10 nitrogen and oxygen atoms in total. The summed E-state index contributed by atoms with van der Waals surface area (Å²) < 4.78 is 0. The van der Waals surface area contributed by atoms with E-state index in [0.29, 0.717) is 4.90 Å². The van der Waals surface area contributed by atoms with Gasteiger partial charge in [-0.1, -0.05) is 12.1 Å². The van der Waals surface area contributed by atoms with Gasteiger partial charge < -0.3 is 15.3 Å². The van der Waals surface area contributed by atoms with E-state index >= 15 is 0 Å². The molecule has 0 saturated heterocycles. The molecule has 0 unspecified atom stereocenters. The van der Waals surface area contributed by atoms with Crippen LogP contribution in [0.3, 0.4) is 0 Å². The Kier molecular flexibility index (Phi) is 4.31. The van der Waals surface area contributed by atoms with Gasteiger partial charge in [0.1, 0.15) is 0 Å². The number of benzene rings is 1. The summed E-state index contributed by atoms with van der Waals surface area (Å²) in [6, 6.07) is 4.84. The molecule has 1 aromatic rings. The Labute approximate surface area is 133 Å². The Hall–Kier alpha value is -3.69. The smallest absolute Gasteiger partial charge is 0.415 e. The van der Waals surface area contributed by atoms with Crippen LogP contribution in [0.4, 0.5) is 10.5 Å². The van der Waals surface area contributed by atoms with E-state index in [1.807, 2.05) is 0 Å². The van der Waals surface area contributed by atoms with Crippen molar-refractivity contribution >= 4 is 23.7 Å². The molecule has 1 aromatic carbocycles. The highest BCUT2D eigenvalue weighted by Gasteiger charge is 2.35. The number of carboxylic acids is 2. The molecule has 0 aliphatic carbocycles. The standard InChI is InChI=1S/C14H10N2O8/c17-12(18)9-5-15(14(21)22)6-10(13(19)20)11(9)7-2-1-3-8(4-7)16(23)24/h1-6,11H,(H,17,18)(H,19,20)(H,21,22). The van der Waals surface area contributed by atoms with Crippen LogP contribution in [0.2, 0.25) is 0 Å². The van der Waals surface area contributed by atoms with Crippen molar-refractivity contribution in [3.63, 3.8) is 0 Å². The lowest BCUT2D eigenvalue weighted by atomic mass is 9.83. The predicted octanol–water partition coefficient (Wildman–Crippen LogP) is 1.61. The van der Waals surface area contributed by atoms with Crippen molar-refractivity contribution in [1.82, 2.24) is 4.90 Å². The van der Waals surface area contributed by atoms with Crippen LogP contribution in [-0.2, 0) is 9.59 Å². The molecule has 10 heteroatoms. The molecule has 1 amide bonds. The fraction of sp³-hybridized carbons (Fsp3) is 0.0714. The van der Waals surface area contributed by atoms with E-state index in [1.165, 1.54) is 18.2 Å². The maximum Gasteiger partial charge on any atom is 0.415 e. The number of hydrogen-bond acceptors (Lipinski definition) is 5. The average Bonchev–Trinajstić information content (AvgIpc) is 2.53. The van der Waals surface area contributed by atoms with Crippen LogP contribution < -0.4 is 0 Å². The molecule has 24 heavy (non-hydrogen) atoms. The summed E-state index contributed by atoms with van der Waals surface area (Å²) >= 11 is 0. The van der Waals surface area contributed by atoms with Gasteiger partial charge in [-0.25, -0.2) is 14.4 Å². The molecular formula is C14H10N2O8. The zero-order valence-electron chi connectivity index (χ0n) is 11.8. The fourth-order valence-electron chi connectivity index (χ4n) is 2.30. The van der Waals surface area contributed by atoms with Gasteiger partial charge in [0, 0.05) is 24.5 Å². The van der Waals surface area contributed by atoms with E-state index in [0.717, 1.165) is 18.5 Å². The van der Waals surface area contributed by atoms with E-state index in [2.05, 4.69) is 0 Å². The van der Waals surface area contributed by atoms with Crippen molar-refractivity contribution < 1.29 is 34.6 Å². The number of non-ortho nitro benzene ring substituents is 1. The molecule has 0 radical (unpaired) electrons. The maximum atomic E-state index is 11.5. The summed E-state index contributed by atoms with van der Waals surface area (Å²) in [6.07, 6.45) is -0.0358. The number of rotatable bonds is 4. The van der Waals surface area contributed by atoms with Gasteiger partial charge >= 0.3 is 18.0 Å². The topological polar surface area (TPSA) is 158 Å². The average molecular weight is 334 g/mol. The summed E-state index contributed by atoms with van der Waals surface area (Å²) in [5, 5.41) is 38.4. The second-order valence-electron chi connectivity index (χ2n) is 4.75. The first-order valence-electron chi connectivity index (χ1n) is 6.38. The molecule has 0 atom stereocenters. The molecule has 2 rings (SSSR count). The number of carboxylic acid groups (broad SMARTS) is 3. The molecule has 3 N–H and O–H groups in total. The number of nitro groups is 1.